The summed E-state index contributed by atoms with van der Waals surface area (Å²) in [5.41, 5.74) is -0.0696. The maximum Gasteiger partial charge on any atom is 0.161 e. The van der Waals surface area contributed by atoms with Gasteiger partial charge in [0.15, 0.2) is 11.5 Å². The van der Waals surface area contributed by atoms with Gasteiger partial charge in [-0.2, -0.15) is 0 Å². The molecule has 1 aliphatic heterocycles. The number of para-hydroxylation sites is 2. The molecular weight excluding hydrogens is 202 g/mol. The van der Waals surface area contributed by atoms with E-state index in [0.717, 1.165) is 37.4 Å². The summed E-state index contributed by atoms with van der Waals surface area (Å²) in [6.07, 6.45) is 2.07. The van der Waals surface area contributed by atoms with Crippen LogP contribution in [0.2, 0.25) is 0 Å². The van der Waals surface area contributed by atoms with E-state index < -0.39 is 0 Å². The normalized spacial score (nSPS) is 19.1. The summed E-state index contributed by atoms with van der Waals surface area (Å²) in [4.78, 5) is 0. The lowest BCUT2D eigenvalue weighted by Gasteiger charge is -2.35. The minimum Gasteiger partial charge on any atom is -0.493 e. The molecule has 16 heavy (non-hydrogen) atoms. The molecule has 1 fully saturated rings. The molecule has 1 heterocycles. The van der Waals surface area contributed by atoms with Gasteiger partial charge in [-0.05, 0) is 45.0 Å². The van der Waals surface area contributed by atoms with Crippen molar-refractivity contribution in [3.05, 3.63) is 24.3 Å². The Morgan fingerprint density at radius 3 is 2.38 bits per heavy atom. The van der Waals surface area contributed by atoms with Crippen molar-refractivity contribution in [3.63, 3.8) is 0 Å². The van der Waals surface area contributed by atoms with Gasteiger partial charge in [-0.1, -0.05) is 12.1 Å². The van der Waals surface area contributed by atoms with Crippen molar-refractivity contribution < 1.29 is 9.47 Å². The van der Waals surface area contributed by atoms with E-state index in [1.807, 2.05) is 24.3 Å². The first-order chi connectivity index (χ1) is 7.73. The first kappa shape index (κ1) is 11.3. The van der Waals surface area contributed by atoms with E-state index in [2.05, 4.69) is 12.2 Å². The molecule has 0 aromatic heterocycles. The summed E-state index contributed by atoms with van der Waals surface area (Å²) in [5, 5.41) is 3.34. The van der Waals surface area contributed by atoms with Crippen LogP contribution in [0.4, 0.5) is 0 Å². The van der Waals surface area contributed by atoms with Gasteiger partial charge in [-0.25, -0.2) is 0 Å². The molecule has 1 saturated heterocycles. The summed E-state index contributed by atoms with van der Waals surface area (Å²) < 4.78 is 11.4. The van der Waals surface area contributed by atoms with Gasteiger partial charge in [-0.15, -0.1) is 0 Å². The zero-order valence-electron chi connectivity index (χ0n) is 9.95. The highest BCUT2D eigenvalue weighted by atomic mass is 16.5. The van der Waals surface area contributed by atoms with Crippen LogP contribution in [0.1, 0.15) is 19.8 Å². The van der Waals surface area contributed by atoms with Crippen LogP contribution in [-0.4, -0.2) is 25.8 Å². The average molecular weight is 221 g/mol. The molecule has 0 unspecified atom stereocenters. The third-order valence-electron chi connectivity index (χ3n) is 3.09. The Balaban J connectivity index is 2.12. The minimum absolute atomic E-state index is 0.0696. The third kappa shape index (κ3) is 2.47. The molecule has 2 rings (SSSR count). The number of rotatable bonds is 3. The van der Waals surface area contributed by atoms with Crippen LogP contribution in [-0.2, 0) is 0 Å². The van der Waals surface area contributed by atoms with E-state index in [1.165, 1.54) is 0 Å². The minimum atomic E-state index is -0.0696. The van der Waals surface area contributed by atoms with E-state index in [-0.39, 0.29) is 5.60 Å². The molecule has 1 N–H and O–H groups in total. The van der Waals surface area contributed by atoms with Crippen LogP contribution in [0, 0.1) is 0 Å². The summed E-state index contributed by atoms with van der Waals surface area (Å²) in [6.45, 7) is 4.21. The van der Waals surface area contributed by atoms with Crippen molar-refractivity contribution in [2.45, 2.75) is 25.4 Å². The molecule has 0 bridgehead atoms. The molecule has 0 spiro atoms. The topological polar surface area (TPSA) is 30.5 Å². The monoisotopic (exact) mass is 221 g/mol. The van der Waals surface area contributed by atoms with Gasteiger partial charge in [0.2, 0.25) is 0 Å². The summed E-state index contributed by atoms with van der Waals surface area (Å²) >= 11 is 0. The largest absolute Gasteiger partial charge is 0.493 e. The third-order valence-corrected chi connectivity index (χ3v) is 3.09. The van der Waals surface area contributed by atoms with Crippen molar-refractivity contribution in [2.75, 3.05) is 20.2 Å². The van der Waals surface area contributed by atoms with Crippen LogP contribution in [0.3, 0.4) is 0 Å². The van der Waals surface area contributed by atoms with Gasteiger partial charge < -0.3 is 14.8 Å². The molecular formula is C13H19NO2. The molecule has 0 aliphatic carbocycles. The number of hydrogen-bond donors (Lipinski definition) is 1. The van der Waals surface area contributed by atoms with Gasteiger partial charge >= 0.3 is 0 Å². The zero-order valence-corrected chi connectivity index (χ0v) is 9.95. The maximum atomic E-state index is 6.10. The average Bonchev–Trinajstić information content (AvgIpc) is 2.30. The smallest absolute Gasteiger partial charge is 0.161 e. The highest BCUT2D eigenvalue weighted by Crippen LogP contribution is 2.32. The fourth-order valence-corrected chi connectivity index (χ4v) is 2.03. The van der Waals surface area contributed by atoms with E-state index in [0.29, 0.717) is 0 Å². The highest BCUT2D eigenvalue weighted by molar-refractivity contribution is 5.39. The molecule has 3 heteroatoms. The number of ether oxygens (including phenoxy) is 2. The zero-order chi connectivity index (χ0) is 11.4. The Hall–Kier alpha value is -1.22. The number of methoxy groups -OCH3 is 1. The van der Waals surface area contributed by atoms with Gasteiger partial charge in [-0.3, -0.25) is 0 Å². The molecule has 1 aromatic rings. The summed E-state index contributed by atoms with van der Waals surface area (Å²) in [6, 6.07) is 7.82. The fourth-order valence-electron chi connectivity index (χ4n) is 2.03. The summed E-state index contributed by atoms with van der Waals surface area (Å²) in [5.74, 6) is 1.65. The number of hydrogen-bond acceptors (Lipinski definition) is 3. The van der Waals surface area contributed by atoms with Gasteiger partial charge in [0.1, 0.15) is 5.60 Å². The quantitative estimate of drug-likeness (QED) is 0.849. The lowest BCUT2D eigenvalue weighted by atomic mass is 9.94. The molecule has 0 amide bonds. The van der Waals surface area contributed by atoms with Crippen LogP contribution in [0.25, 0.3) is 0 Å². The maximum absolute atomic E-state index is 6.10. The van der Waals surface area contributed by atoms with Crippen molar-refractivity contribution >= 4 is 0 Å². The Morgan fingerprint density at radius 2 is 1.75 bits per heavy atom. The van der Waals surface area contributed by atoms with E-state index >= 15 is 0 Å². The summed E-state index contributed by atoms with van der Waals surface area (Å²) in [7, 11) is 1.67. The van der Waals surface area contributed by atoms with Gasteiger partial charge in [0.25, 0.3) is 0 Å². The predicted molar refractivity (Wildman–Crippen MR) is 64.1 cm³/mol. The molecule has 1 aromatic carbocycles. The predicted octanol–water partition coefficient (Wildman–Crippen LogP) is 2.22. The molecule has 0 atom stereocenters. The first-order valence-electron chi connectivity index (χ1n) is 5.76. The molecule has 88 valence electrons. The molecule has 0 radical (unpaired) electrons. The Labute approximate surface area is 96.8 Å². The van der Waals surface area contributed by atoms with Crippen LogP contribution < -0.4 is 14.8 Å². The van der Waals surface area contributed by atoms with Gasteiger partial charge in [0, 0.05) is 0 Å². The number of piperidine rings is 1. The second kappa shape index (κ2) is 4.74. The highest BCUT2D eigenvalue weighted by Gasteiger charge is 2.29. The Morgan fingerprint density at radius 1 is 1.12 bits per heavy atom. The lowest BCUT2D eigenvalue weighted by Crippen LogP contribution is -2.43. The molecule has 3 nitrogen and oxygen atoms in total. The Bertz CT molecular complexity index is 346. The number of nitrogens with one attached hydrogen (secondary N) is 1. The van der Waals surface area contributed by atoms with E-state index in [4.69, 9.17) is 9.47 Å². The number of benzene rings is 1. The first-order valence-corrected chi connectivity index (χ1v) is 5.76. The lowest BCUT2D eigenvalue weighted by molar-refractivity contribution is 0.0527. The molecule has 0 saturated carbocycles. The van der Waals surface area contributed by atoms with Crippen LogP contribution in [0.5, 0.6) is 11.5 Å². The van der Waals surface area contributed by atoms with Crippen LogP contribution in [0.15, 0.2) is 24.3 Å². The standard InChI is InChI=1S/C13H19NO2/c1-13(7-9-14-10-8-13)16-12-6-4-3-5-11(12)15-2/h3-6,14H,7-10H2,1-2H3. The second-order valence-electron chi connectivity index (χ2n) is 4.45. The van der Waals surface area contributed by atoms with Crippen molar-refractivity contribution in [1.82, 2.24) is 5.32 Å². The molecule has 1 aliphatic rings. The van der Waals surface area contributed by atoms with E-state index in [9.17, 15) is 0 Å². The van der Waals surface area contributed by atoms with Gasteiger partial charge in [0.05, 0.1) is 7.11 Å². The Kier molecular flexibility index (Phi) is 3.34. The van der Waals surface area contributed by atoms with Crippen molar-refractivity contribution in [2.24, 2.45) is 0 Å². The van der Waals surface area contributed by atoms with Crippen molar-refractivity contribution in [1.29, 1.82) is 0 Å². The SMILES string of the molecule is COc1ccccc1OC1(C)CCNCC1. The van der Waals surface area contributed by atoms with E-state index in [1.54, 1.807) is 7.11 Å². The van der Waals surface area contributed by atoms with Crippen molar-refractivity contribution in [3.8, 4) is 11.5 Å². The fraction of sp³-hybridized carbons (Fsp3) is 0.538. The second-order valence-corrected chi connectivity index (χ2v) is 4.45. The van der Waals surface area contributed by atoms with Crippen LogP contribution >= 0.6 is 0 Å².